The third kappa shape index (κ3) is 3.94. The summed E-state index contributed by atoms with van der Waals surface area (Å²) in [6.45, 7) is 3.91. The van der Waals surface area contributed by atoms with E-state index in [4.69, 9.17) is 0 Å². The molecule has 2 heterocycles. The summed E-state index contributed by atoms with van der Waals surface area (Å²) in [6, 6.07) is 6.62. The number of rotatable bonds is 6. The Morgan fingerprint density at radius 3 is 2.61 bits per heavy atom. The summed E-state index contributed by atoms with van der Waals surface area (Å²) < 4.78 is 29.8. The van der Waals surface area contributed by atoms with Gasteiger partial charge in [0, 0.05) is 24.7 Å². The van der Waals surface area contributed by atoms with E-state index < -0.39 is 17.1 Å². The highest BCUT2D eigenvalue weighted by molar-refractivity contribution is 5.99. The lowest BCUT2D eigenvalue weighted by atomic mass is 9.79. The maximum absolute atomic E-state index is 14.8. The van der Waals surface area contributed by atoms with E-state index in [0.717, 1.165) is 44.2 Å². The number of nitrogens with one attached hydrogen (secondary N) is 1. The summed E-state index contributed by atoms with van der Waals surface area (Å²) in [4.78, 5) is 31.3. The number of halogens is 2. The van der Waals surface area contributed by atoms with E-state index >= 15 is 0 Å². The van der Waals surface area contributed by atoms with E-state index in [1.807, 2.05) is 13.8 Å². The van der Waals surface area contributed by atoms with Gasteiger partial charge in [0.2, 0.25) is 5.43 Å². The van der Waals surface area contributed by atoms with Gasteiger partial charge in [-0.15, -0.1) is 0 Å². The van der Waals surface area contributed by atoms with Crippen molar-refractivity contribution in [3.05, 3.63) is 63.9 Å². The molecule has 5 nitrogen and oxygen atoms in total. The second kappa shape index (κ2) is 8.04. The van der Waals surface area contributed by atoms with Crippen LogP contribution in [0.15, 0.2) is 41.3 Å². The number of carbonyl (C=O) groups excluding carboxylic acids is 1. The minimum absolute atomic E-state index is 0.0155. The molecule has 5 rings (SSSR count). The fourth-order valence-corrected chi connectivity index (χ4v) is 5.63. The highest BCUT2D eigenvalue weighted by Crippen LogP contribution is 2.56. The molecule has 33 heavy (non-hydrogen) atoms. The molecule has 2 saturated carbocycles. The van der Waals surface area contributed by atoms with E-state index in [1.54, 1.807) is 12.1 Å². The van der Waals surface area contributed by atoms with E-state index in [-0.39, 0.29) is 39.5 Å². The number of Topliss-reactive ketones (excluding diaryl/α,β-unsaturated/α-hetero) is 1. The Hall–Kier alpha value is -3.09. The topological polar surface area (TPSA) is 64.0 Å². The van der Waals surface area contributed by atoms with Crippen LogP contribution < -0.4 is 10.7 Å². The zero-order chi connectivity index (χ0) is 23.3. The van der Waals surface area contributed by atoms with Gasteiger partial charge in [0.15, 0.2) is 11.4 Å². The molecule has 0 unspecified atom stereocenters. The van der Waals surface area contributed by atoms with Crippen LogP contribution in [0.4, 0.5) is 14.6 Å². The third-order valence-electron chi connectivity index (χ3n) is 7.18. The number of nitrogens with zero attached hydrogens (tertiary/aromatic N) is 2. The highest BCUT2D eigenvalue weighted by Gasteiger charge is 2.46. The van der Waals surface area contributed by atoms with Crippen LogP contribution in [0, 0.1) is 23.0 Å². The van der Waals surface area contributed by atoms with Gasteiger partial charge in [-0.05, 0) is 81.5 Å². The van der Waals surface area contributed by atoms with Gasteiger partial charge in [-0.2, -0.15) is 0 Å². The molecular weight excluding hydrogens is 424 g/mol. The Balaban J connectivity index is 1.66. The Morgan fingerprint density at radius 2 is 1.97 bits per heavy atom. The molecule has 0 amide bonds. The number of pyridine rings is 2. The average molecular weight is 452 g/mol. The lowest BCUT2D eigenvalue weighted by Gasteiger charge is -2.25. The maximum atomic E-state index is 14.8. The maximum Gasteiger partial charge on any atom is 0.201 e. The molecule has 2 fully saturated rings. The highest BCUT2D eigenvalue weighted by atomic mass is 19.1. The molecule has 0 radical (unpaired) electrons. The molecule has 2 bridgehead atoms. The largest absolute Gasteiger partial charge is 0.368 e. The van der Waals surface area contributed by atoms with Crippen LogP contribution in [-0.2, 0) is 0 Å². The summed E-state index contributed by atoms with van der Waals surface area (Å²) in [5.41, 5.74) is -0.140. The third-order valence-corrected chi connectivity index (χ3v) is 7.18. The van der Waals surface area contributed by atoms with Crippen LogP contribution in [0.2, 0.25) is 0 Å². The van der Waals surface area contributed by atoms with Crippen molar-refractivity contribution in [3.8, 4) is 5.69 Å². The molecule has 2 aliphatic carbocycles. The number of benzene rings is 1. The van der Waals surface area contributed by atoms with Gasteiger partial charge in [-0.25, -0.2) is 13.8 Å². The molecule has 1 N–H and O–H groups in total. The number of aromatic nitrogens is 2. The van der Waals surface area contributed by atoms with Crippen molar-refractivity contribution in [1.29, 1.82) is 0 Å². The van der Waals surface area contributed by atoms with Crippen molar-refractivity contribution in [2.75, 3.05) is 5.32 Å². The molecule has 172 valence electrons. The van der Waals surface area contributed by atoms with Gasteiger partial charge in [0.25, 0.3) is 0 Å². The lowest BCUT2D eigenvalue weighted by Crippen LogP contribution is -2.25. The predicted molar refractivity (Wildman–Crippen MR) is 124 cm³/mol. The summed E-state index contributed by atoms with van der Waals surface area (Å²) in [6.07, 6.45) is 7.08. The Morgan fingerprint density at radius 1 is 1.21 bits per heavy atom. The predicted octanol–water partition coefficient (Wildman–Crippen LogP) is 5.64. The minimum Gasteiger partial charge on any atom is -0.368 e. The summed E-state index contributed by atoms with van der Waals surface area (Å²) in [7, 11) is 0. The smallest absolute Gasteiger partial charge is 0.201 e. The van der Waals surface area contributed by atoms with Crippen LogP contribution in [0.3, 0.4) is 0 Å². The Labute approximate surface area is 190 Å². The molecule has 2 aliphatic rings. The van der Waals surface area contributed by atoms with Crippen LogP contribution in [-0.4, -0.2) is 21.4 Å². The summed E-state index contributed by atoms with van der Waals surface area (Å²) in [5.74, 6) is -0.505. The molecule has 2 aromatic heterocycles. The normalized spacial score (nSPS) is 21.8. The minimum atomic E-state index is -0.796. The van der Waals surface area contributed by atoms with Crippen molar-refractivity contribution >= 4 is 22.6 Å². The van der Waals surface area contributed by atoms with Crippen molar-refractivity contribution in [2.24, 2.45) is 11.3 Å². The number of hydrogen-bond acceptors (Lipinski definition) is 4. The van der Waals surface area contributed by atoms with Gasteiger partial charge >= 0.3 is 0 Å². The van der Waals surface area contributed by atoms with Crippen LogP contribution >= 0.6 is 0 Å². The van der Waals surface area contributed by atoms with Crippen LogP contribution in [0.1, 0.15) is 62.7 Å². The molecule has 1 aromatic carbocycles. The standard InChI is InChI=1S/C26H27F2N3O2/c1-15(2)29-23-6-4-18-24(33)19(22(32)13-26-9-7-16(12-26)8-10-26)14-31(25(18)30-23)21-5-3-17(27)11-20(21)28/h3-6,11,14-16H,7-10,12-13H2,1-2H3,(H,29,30). The van der Waals surface area contributed by atoms with Crippen molar-refractivity contribution < 1.29 is 13.6 Å². The molecule has 0 spiro atoms. The van der Waals surface area contributed by atoms with Gasteiger partial charge < -0.3 is 5.32 Å². The van der Waals surface area contributed by atoms with Gasteiger partial charge in [-0.3, -0.25) is 14.2 Å². The first kappa shape index (κ1) is 21.7. The van der Waals surface area contributed by atoms with Gasteiger partial charge in [-0.1, -0.05) is 0 Å². The van der Waals surface area contributed by atoms with Crippen molar-refractivity contribution in [3.63, 3.8) is 0 Å². The fraction of sp³-hybridized carbons (Fsp3) is 0.423. The molecular formula is C26H27F2N3O2. The van der Waals surface area contributed by atoms with E-state index in [9.17, 15) is 18.4 Å². The first-order valence-electron chi connectivity index (χ1n) is 11.6. The second-order valence-electron chi connectivity index (χ2n) is 9.95. The van der Waals surface area contributed by atoms with Gasteiger partial charge in [0.05, 0.1) is 16.6 Å². The zero-order valence-corrected chi connectivity index (χ0v) is 18.8. The first-order valence-corrected chi connectivity index (χ1v) is 11.6. The number of fused-ring (bicyclic) bond motifs is 3. The monoisotopic (exact) mass is 451 g/mol. The van der Waals surface area contributed by atoms with Gasteiger partial charge in [0.1, 0.15) is 17.5 Å². The number of hydrogen-bond donors (Lipinski definition) is 1. The Bertz CT molecular complexity index is 1310. The lowest BCUT2D eigenvalue weighted by molar-refractivity contribution is 0.0912. The average Bonchev–Trinajstić information content (AvgIpc) is 3.34. The molecule has 3 aromatic rings. The van der Waals surface area contributed by atoms with E-state index in [0.29, 0.717) is 18.2 Å². The first-order chi connectivity index (χ1) is 15.7. The SMILES string of the molecule is CC(C)Nc1ccc2c(=O)c(C(=O)CC34CCC(CC3)C4)cn(-c3ccc(F)cc3F)c2n1. The quantitative estimate of drug-likeness (QED) is 0.493. The summed E-state index contributed by atoms with van der Waals surface area (Å²) in [5, 5.41) is 3.40. The molecule has 0 atom stereocenters. The number of anilines is 1. The molecule has 0 aliphatic heterocycles. The zero-order valence-electron chi connectivity index (χ0n) is 18.8. The van der Waals surface area contributed by atoms with Crippen molar-refractivity contribution in [1.82, 2.24) is 9.55 Å². The van der Waals surface area contributed by atoms with Crippen LogP contribution in [0.25, 0.3) is 16.7 Å². The second-order valence-corrected chi connectivity index (χ2v) is 9.95. The molecule has 7 heteroatoms. The summed E-state index contributed by atoms with van der Waals surface area (Å²) >= 11 is 0. The number of carbonyl (C=O) groups is 1. The number of ketones is 1. The van der Waals surface area contributed by atoms with E-state index in [2.05, 4.69) is 10.3 Å². The Kier molecular flexibility index (Phi) is 5.30. The van der Waals surface area contributed by atoms with Crippen LogP contribution in [0.5, 0.6) is 0 Å². The van der Waals surface area contributed by atoms with Crippen molar-refractivity contribution in [2.45, 2.75) is 58.4 Å². The fourth-order valence-electron chi connectivity index (χ4n) is 5.63. The van der Waals surface area contributed by atoms with E-state index in [1.165, 1.54) is 16.8 Å². The molecule has 0 saturated heterocycles.